The highest BCUT2D eigenvalue weighted by molar-refractivity contribution is 9.09. The number of benzene rings is 1. The first-order valence-corrected chi connectivity index (χ1v) is 5.74. The Labute approximate surface area is 96.8 Å². The number of rotatable bonds is 3. The number of halogens is 2. The van der Waals surface area contributed by atoms with Gasteiger partial charge in [0.05, 0.1) is 11.4 Å². The van der Waals surface area contributed by atoms with E-state index in [9.17, 15) is 4.79 Å². The minimum atomic E-state index is -0.0301. The maximum atomic E-state index is 11.1. The van der Waals surface area contributed by atoms with Crippen LogP contribution in [0.3, 0.4) is 0 Å². The first-order valence-electron chi connectivity index (χ1n) is 4.24. The second-order valence-electron chi connectivity index (χ2n) is 2.98. The highest BCUT2D eigenvalue weighted by Gasteiger charge is 2.07. The molecule has 0 aliphatic rings. The maximum absolute atomic E-state index is 11.1. The summed E-state index contributed by atoms with van der Waals surface area (Å²) < 4.78 is 0. The molecule has 1 aromatic rings. The summed E-state index contributed by atoms with van der Waals surface area (Å²) in [7, 11) is 0. The molecule has 0 heterocycles. The first-order chi connectivity index (χ1) is 6.63. The average molecular weight is 277 g/mol. The molecule has 1 rings (SSSR count). The molecule has 0 aliphatic heterocycles. The first kappa shape index (κ1) is 11.5. The third kappa shape index (κ3) is 3.31. The maximum Gasteiger partial charge on any atom is 0.231 e. The van der Waals surface area contributed by atoms with Crippen molar-refractivity contribution >= 4 is 33.4 Å². The number of carbonyl (C=O) groups excluding carboxylic acids is 1. The van der Waals surface area contributed by atoms with Gasteiger partial charge in [-0.05, 0) is 24.6 Å². The van der Waals surface area contributed by atoms with Crippen LogP contribution in [0, 0.1) is 0 Å². The zero-order chi connectivity index (χ0) is 10.6. The third-order valence-electron chi connectivity index (χ3n) is 1.85. The quantitative estimate of drug-likeness (QED) is 0.845. The van der Waals surface area contributed by atoms with E-state index in [2.05, 4.69) is 21.2 Å². The van der Waals surface area contributed by atoms with Crippen molar-refractivity contribution in [2.45, 2.75) is 13.0 Å². The van der Waals surface area contributed by atoms with E-state index in [-0.39, 0.29) is 11.9 Å². The van der Waals surface area contributed by atoms with E-state index in [1.165, 1.54) is 0 Å². The Balaban J connectivity index is 2.69. The summed E-state index contributed by atoms with van der Waals surface area (Å²) >= 11 is 8.93. The van der Waals surface area contributed by atoms with E-state index in [1.54, 1.807) is 0 Å². The molecule has 2 nitrogen and oxygen atoms in total. The van der Waals surface area contributed by atoms with Gasteiger partial charge in [0.1, 0.15) is 0 Å². The van der Waals surface area contributed by atoms with Gasteiger partial charge in [0.2, 0.25) is 5.91 Å². The van der Waals surface area contributed by atoms with E-state index in [0.717, 1.165) is 5.56 Å². The zero-order valence-corrected chi connectivity index (χ0v) is 10.1. The fourth-order valence-corrected chi connectivity index (χ4v) is 1.50. The van der Waals surface area contributed by atoms with E-state index >= 15 is 0 Å². The molecule has 0 aliphatic carbocycles. The van der Waals surface area contributed by atoms with Gasteiger partial charge >= 0.3 is 0 Å². The van der Waals surface area contributed by atoms with Gasteiger partial charge in [0.15, 0.2) is 0 Å². The standard InChI is InChI=1S/C10H11BrClNO/c1-7(13-10(14)6-11)8-3-2-4-9(12)5-8/h2-5,7H,6H2,1H3,(H,13,14)/t7-/m0/s1. The van der Waals surface area contributed by atoms with E-state index < -0.39 is 0 Å². The van der Waals surface area contributed by atoms with Gasteiger partial charge in [0, 0.05) is 5.02 Å². The number of nitrogens with one attached hydrogen (secondary N) is 1. The monoisotopic (exact) mass is 275 g/mol. The van der Waals surface area contributed by atoms with Crippen molar-refractivity contribution in [2.24, 2.45) is 0 Å². The van der Waals surface area contributed by atoms with Crippen molar-refractivity contribution in [3.8, 4) is 0 Å². The largest absolute Gasteiger partial charge is 0.349 e. The van der Waals surface area contributed by atoms with Crippen LogP contribution < -0.4 is 5.32 Å². The summed E-state index contributed by atoms with van der Waals surface area (Å²) in [5.74, 6) is -0.0301. The zero-order valence-electron chi connectivity index (χ0n) is 7.76. The molecule has 1 amide bonds. The number of hydrogen-bond acceptors (Lipinski definition) is 1. The minimum Gasteiger partial charge on any atom is -0.349 e. The molecule has 1 atom stereocenters. The second-order valence-corrected chi connectivity index (χ2v) is 3.98. The molecule has 1 N–H and O–H groups in total. The van der Waals surface area contributed by atoms with E-state index in [0.29, 0.717) is 10.4 Å². The average Bonchev–Trinajstić information content (AvgIpc) is 2.17. The van der Waals surface area contributed by atoms with E-state index in [1.807, 2.05) is 31.2 Å². The summed E-state index contributed by atoms with van der Waals surface area (Å²) in [5.41, 5.74) is 1.01. The van der Waals surface area contributed by atoms with Crippen LogP contribution in [0.15, 0.2) is 24.3 Å². The summed E-state index contributed by atoms with van der Waals surface area (Å²) in [6.07, 6.45) is 0. The van der Waals surface area contributed by atoms with Gasteiger partial charge in [-0.25, -0.2) is 0 Å². The predicted molar refractivity (Wildman–Crippen MR) is 61.8 cm³/mol. The number of hydrogen-bond donors (Lipinski definition) is 1. The topological polar surface area (TPSA) is 29.1 Å². The normalized spacial score (nSPS) is 12.2. The molecule has 0 fully saturated rings. The van der Waals surface area contributed by atoms with Crippen LogP contribution in [-0.2, 0) is 4.79 Å². The summed E-state index contributed by atoms with van der Waals surface area (Å²) in [4.78, 5) is 11.1. The second kappa shape index (κ2) is 5.37. The fraction of sp³-hybridized carbons (Fsp3) is 0.300. The lowest BCUT2D eigenvalue weighted by Gasteiger charge is -2.13. The lowest BCUT2D eigenvalue weighted by atomic mass is 10.1. The Kier molecular flexibility index (Phi) is 4.42. The van der Waals surface area contributed by atoms with Crippen LogP contribution in [0.5, 0.6) is 0 Å². The van der Waals surface area contributed by atoms with Crippen molar-refractivity contribution in [3.05, 3.63) is 34.9 Å². The van der Waals surface area contributed by atoms with Gasteiger partial charge in [-0.3, -0.25) is 4.79 Å². The van der Waals surface area contributed by atoms with Crippen LogP contribution in [0.25, 0.3) is 0 Å². The molecule has 0 saturated heterocycles. The van der Waals surface area contributed by atoms with Crippen molar-refractivity contribution in [1.29, 1.82) is 0 Å². The van der Waals surface area contributed by atoms with Gasteiger partial charge < -0.3 is 5.32 Å². The molecule has 4 heteroatoms. The fourth-order valence-electron chi connectivity index (χ4n) is 1.14. The molecule has 0 spiro atoms. The van der Waals surface area contributed by atoms with Crippen LogP contribution in [-0.4, -0.2) is 11.2 Å². The highest BCUT2D eigenvalue weighted by atomic mass is 79.9. The predicted octanol–water partition coefficient (Wildman–Crippen LogP) is 2.91. The molecular formula is C10H11BrClNO. The highest BCUT2D eigenvalue weighted by Crippen LogP contribution is 2.17. The van der Waals surface area contributed by atoms with Crippen molar-refractivity contribution in [2.75, 3.05) is 5.33 Å². The third-order valence-corrected chi connectivity index (χ3v) is 2.59. The lowest BCUT2D eigenvalue weighted by molar-refractivity contribution is -0.119. The summed E-state index contributed by atoms with van der Waals surface area (Å²) in [6.45, 7) is 1.92. The number of amides is 1. The molecule has 0 saturated carbocycles. The summed E-state index contributed by atoms with van der Waals surface area (Å²) in [6, 6.07) is 7.45. The number of carbonyl (C=O) groups is 1. The lowest BCUT2D eigenvalue weighted by Crippen LogP contribution is -2.27. The molecular weight excluding hydrogens is 265 g/mol. The van der Waals surface area contributed by atoms with Crippen LogP contribution in [0.1, 0.15) is 18.5 Å². The molecule has 0 aromatic heterocycles. The van der Waals surface area contributed by atoms with Gasteiger partial charge in [-0.1, -0.05) is 39.7 Å². The minimum absolute atomic E-state index is 0.0150. The molecule has 14 heavy (non-hydrogen) atoms. The van der Waals surface area contributed by atoms with Gasteiger partial charge in [0.25, 0.3) is 0 Å². The summed E-state index contributed by atoms with van der Waals surface area (Å²) in [5, 5.41) is 3.83. The van der Waals surface area contributed by atoms with Crippen LogP contribution in [0.4, 0.5) is 0 Å². The molecule has 1 aromatic carbocycles. The van der Waals surface area contributed by atoms with Crippen molar-refractivity contribution < 1.29 is 4.79 Å². The smallest absolute Gasteiger partial charge is 0.231 e. The Hall–Kier alpha value is -0.540. The Morgan fingerprint density at radius 1 is 1.64 bits per heavy atom. The van der Waals surface area contributed by atoms with Crippen molar-refractivity contribution in [3.63, 3.8) is 0 Å². The Bertz CT molecular complexity index is 330. The van der Waals surface area contributed by atoms with E-state index in [4.69, 9.17) is 11.6 Å². The molecule has 0 radical (unpaired) electrons. The number of alkyl halides is 1. The molecule has 0 unspecified atom stereocenters. The van der Waals surface area contributed by atoms with Crippen LogP contribution >= 0.6 is 27.5 Å². The molecule has 76 valence electrons. The Morgan fingerprint density at radius 3 is 2.93 bits per heavy atom. The molecule has 0 bridgehead atoms. The van der Waals surface area contributed by atoms with Crippen molar-refractivity contribution in [1.82, 2.24) is 5.32 Å². The Morgan fingerprint density at radius 2 is 2.36 bits per heavy atom. The van der Waals surface area contributed by atoms with Crippen LogP contribution in [0.2, 0.25) is 5.02 Å². The van der Waals surface area contributed by atoms with Gasteiger partial charge in [-0.2, -0.15) is 0 Å². The van der Waals surface area contributed by atoms with Gasteiger partial charge in [-0.15, -0.1) is 0 Å². The SMILES string of the molecule is C[C@H](NC(=O)CBr)c1cccc(Cl)c1.